The second kappa shape index (κ2) is 12.3. The number of aromatic nitrogens is 2. The average Bonchev–Trinajstić information content (AvgIpc) is 2.86. The third kappa shape index (κ3) is 7.67. The van der Waals surface area contributed by atoms with E-state index in [2.05, 4.69) is 42.5 Å². The van der Waals surface area contributed by atoms with Crippen molar-refractivity contribution in [2.24, 2.45) is 5.41 Å². The summed E-state index contributed by atoms with van der Waals surface area (Å²) >= 11 is 13.8. The van der Waals surface area contributed by atoms with Crippen LogP contribution in [0, 0.1) is 5.41 Å². The van der Waals surface area contributed by atoms with E-state index in [1.165, 1.54) is 11.8 Å². The number of hydrogen-bond acceptors (Lipinski definition) is 7. The number of carbonyl (C=O) groups is 2. The fourth-order valence-corrected chi connectivity index (χ4v) is 5.98. The Kier molecular flexibility index (Phi) is 9.31. The minimum atomic E-state index is -0.0402. The number of hydrogen-bond donors (Lipinski definition) is 0. The Hall–Kier alpha value is -2.23. The molecule has 11 heteroatoms. The van der Waals surface area contributed by atoms with E-state index in [1.54, 1.807) is 6.07 Å². The van der Waals surface area contributed by atoms with Crippen molar-refractivity contribution in [1.82, 2.24) is 19.8 Å². The highest BCUT2D eigenvalue weighted by Crippen LogP contribution is 2.27. The molecule has 1 aromatic heterocycles. The van der Waals surface area contributed by atoms with Crippen molar-refractivity contribution in [1.29, 1.82) is 0 Å². The minimum Gasteiger partial charge on any atom is -0.368 e. The van der Waals surface area contributed by atoms with Crippen LogP contribution in [0.5, 0.6) is 0 Å². The Morgan fingerprint density at radius 2 is 1.68 bits per heavy atom. The van der Waals surface area contributed by atoms with Gasteiger partial charge in [-0.1, -0.05) is 61.8 Å². The molecule has 0 saturated carbocycles. The van der Waals surface area contributed by atoms with Crippen LogP contribution in [0.3, 0.4) is 0 Å². The lowest BCUT2D eigenvalue weighted by Crippen LogP contribution is -2.54. The Balaban J connectivity index is 1.30. The van der Waals surface area contributed by atoms with Gasteiger partial charge in [-0.15, -0.1) is 0 Å². The van der Waals surface area contributed by atoms with Crippen molar-refractivity contribution in [2.45, 2.75) is 45.3 Å². The van der Waals surface area contributed by atoms with E-state index in [4.69, 9.17) is 28.2 Å². The van der Waals surface area contributed by atoms with Gasteiger partial charge in [-0.2, -0.15) is 0 Å². The first-order valence-electron chi connectivity index (χ1n) is 13.0. The molecule has 1 atom stereocenters. The highest BCUT2D eigenvalue weighted by Gasteiger charge is 2.30. The molecule has 38 heavy (non-hydrogen) atoms. The number of benzene rings is 1. The monoisotopic (exact) mass is 578 g/mol. The summed E-state index contributed by atoms with van der Waals surface area (Å²) in [6.07, 6.45) is 0.529. The van der Waals surface area contributed by atoms with E-state index in [0.29, 0.717) is 54.5 Å². The molecule has 0 bridgehead atoms. The molecule has 2 aliphatic rings. The zero-order valence-electron chi connectivity index (χ0n) is 22.5. The van der Waals surface area contributed by atoms with Gasteiger partial charge in [0, 0.05) is 75.1 Å². The van der Waals surface area contributed by atoms with Gasteiger partial charge in [0.2, 0.25) is 11.8 Å². The van der Waals surface area contributed by atoms with Crippen LogP contribution >= 0.6 is 35.0 Å². The molecule has 0 aliphatic carbocycles. The van der Waals surface area contributed by atoms with Crippen LogP contribution in [0.2, 0.25) is 10.2 Å². The minimum absolute atomic E-state index is 0.0402. The molecule has 3 heterocycles. The highest BCUT2D eigenvalue weighted by molar-refractivity contribution is 7.99. The molecule has 1 aromatic carbocycles. The molecule has 8 nitrogen and oxygen atoms in total. The molecule has 1 unspecified atom stereocenters. The quantitative estimate of drug-likeness (QED) is 0.279. The molecule has 2 fully saturated rings. The third-order valence-corrected chi connectivity index (χ3v) is 8.01. The molecule has 0 N–H and O–H groups in total. The van der Waals surface area contributed by atoms with Crippen molar-refractivity contribution < 1.29 is 9.59 Å². The zero-order valence-corrected chi connectivity index (χ0v) is 24.8. The Bertz CT molecular complexity index is 1150. The van der Waals surface area contributed by atoms with E-state index >= 15 is 0 Å². The molecular weight excluding hydrogens is 543 g/mol. The number of carbonyl (C=O) groups excluding carboxylic acids is 2. The number of rotatable bonds is 6. The lowest BCUT2D eigenvalue weighted by Gasteiger charge is -2.41. The van der Waals surface area contributed by atoms with Crippen LogP contribution in [0.15, 0.2) is 35.5 Å². The number of anilines is 2. The second-order valence-corrected chi connectivity index (χ2v) is 12.9. The van der Waals surface area contributed by atoms with E-state index in [0.717, 1.165) is 24.6 Å². The van der Waals surface area contributed by atoms with Crippen molar-refractivity contribution >= 4 is 58.3 Å². The van der Waals surface area contributed by atoms with Crippen LogP contribution < -0.4 is 9.80 Å². The predicted molar refractivity (Wildman–Crippen MR) is 155 cm³/mol. The Labute approximate surface area is 239 Å². The molecular formula is C27H36Cl2N6O2S. The normalized spacial score (nSPS) is 18.6. The molecule has 0 spiro atoms. The maximum atomic E-state index is 12.9. The molecule has 2 saturated heterocycles. The summed E-state index contributed by atoms with van der Waals surface area (Å²) in [5.41, 5.74) is 1.04. The second-order valence-electron chi connectivity index (χ2n) is 11.1. The molecule has 4 rings (SSSR count). The van der Waals surface area contributed by atoms with E-state index in [-0.39, 0.29) is 29.0 Å². The van der Waals surface area contributed by atoms with Crippen LogP contribution in [-0.4, -0.2) is 89.2 Å². The maximum Gasteiger partial charge on any atom is 0.233 e. The van der Waals surface area contributed by atoms with Crippen molar-refractivity contribution in [3.05, 3.63) is 40.5 Å². The average molecular weight is 580 g/mol. The number of piperazine rings is 2. The van der Waals surface area contributed by atoms with Gasteiger partial charge in [0.05, 0.1) is 5.75 Å². The van der Waals surface area contributed by atoms with Crippen LogP contribution in [0.1, 0.15) is 34.1 Å². The van der Waals surface area contributed by atoms with E-state index < -0.39 is 0 Å². The van der Waals surface area contributed by atoms with Gasteiger partial charge in [0.25, 0.3) is 0 Å². The lowest BCUT2D eigenvalue weighted by atomic mass is 9.91. The molecule has 206 valence electrons. The summed E-state index contributed by atoms with van der Waals surface area (Å²) in [5, 5.41) is 1.54. The van der Waals surface area contributed by atoms with Crippen LogP contribution in [0.4, 0.5) is 11.5 Å². The first-order chi connectivity index (χ1) is 18.0. The lowest BCUT2D eigenvalue weighted by molar-refractivity contribution is -0.135. The molecule has 2 aliphatic heterocycles. The van der Waals surface area contributed by atoms with Gasteiger partial charge in [0.15, 0.2) is 5.16 Å². The van der Waals surface area contributed by atoms with Crippen molar-refractivity contribution in [2.75, 3.05) is 61.4 Å². The maximum absolute atomic E-state index is 12.9. The summed E-state index contributed by atoms with van der Waals surface area (Å²) in [7, 11) is 0. The summed E-state index contributed by atoms with van der Waals surface area (Å²) in [5.74, 6) is 1.23. The Morgan fingerprint density at radius 1 is 0.974 bits per heavy atom. The SMILES string of the molecule is CC1CN(c2cc(Cl)nc(SCC(=O)N3CCN(c4cccc(Cl)c4)CC3)n2)CCN1C(=O)CC(C)(C)C. The fourth-order valence-electron chi connectivity index (χ4n) is 4.81. The fraction of sp³-hybridized carbons (Fsp3) is 0.556. The molecule has 2 aromatic rings. The largest absolute Gasteiger partial charge is 0.368 e. The predicted octanol–water partition coefficient (Wildman–Crippen LogP) is 4.70. The smallest absolute Gasteiger partial charge is 0.233 e. The van der Waals surface area contributed by atoms with E-state index in [9.17, 15) is 9.59 Å². The summed E-state index contributed by atoms with van der Waals surface area (Å²) in [4.78, 5) is 43.0. The van der Waals surface area contributed by atoms with Gasteiger partial charge < -0.3 is 19.6 Å². The number of thioether (sulfide) groups is 1. The van der Waals surface area contributed by atoms with Crippen molar-refractivity contribution in [3.8, 4) is 0 Å². The Morgan fingerprint density at radius 3 is 2.34 bits per heavy atom. The van der Waals surface area contributed by atoms with Crippen LogP contribution in [-0.2, 0) is 9.59 Å². The van der Waals surface area contributed by atoms with Crippen LogP contribution in [0.25, 0.3) is 0 Å². The number of halogens is 2. The highest BCUT2D eigenvalue weighted by atomic mass is 35.5. The van der Waals surface area contributed by atoms with Gasteiger partial charge in [-0.25, -0.2) is 9.97 Å². The van der Waals surface area contributed by atoms with Gasteiger partial charge >= 0.3 is 0 Å². The van der Waals surface area contributed by atoms with Crippen molar-refractivity contribution in [3.63, 3.8) is 0 Å². The standard InChI is InChI=1S/C27H36Cl2N6O2S/c1-19-17-34(12-13-35(19)24(36)16-27(2,3)4)23-15-22(29)30-26(31-23)38-18-25(37)33-10-8-32(9-11-33)21-7-5-6-20(28)14-21/h5-7,14-15,19H,8-13,16-18H2,1-4H3. The number of amides is 2. The van der Waals surface area contributed by atoms with Gasteiger partial charge in [0.1, 0.15) is 11.0 Å². The van der Waals surface area contributed by atoms with E-state index in [1.807, 2.05) is 34.1 Å². The first-order valence-corrected chi connectivity index (χ1v) is 14.7. The molecule has 0 radical (unpaired) electrons. The zero-order chi connectivity index (χ0) is 27.4. The number of nitrogens with zero attached hydrogens (tertiary/aromatic N) is 6. The van der Waals surface area contributed by atoms with Gasteiger partial charge in [-0.05, 0) is 30.5 Å². The first kappa shape index (κ1) is 28.8. The van der Waals surface area contributed by atoms with Gasteiger partial charge in [-0.3, -0.25) is 9.59 Å². The summed E-state index contributed by atoms with van der Waals surface area (Å²) in [6.45, 7) is 13.1. The molecule has 2 amide bonds. The topological polar surface area (TPSA) is 72.9 Å². The summed E-state index contributed by atoms with van der Waals surface area (Å²) in [6, 6.07) is 9.61. The summed E-state index contributed by atoms with van der Waals surface area (Å²) < 4.78 is 0. The third-order valence-electron chi connectivity index (χ3n) is 6.74.